The fourth-order valence-electron chi connectivity index (χ4n) is 1.80. The number of hydrogen-bond donors (Lipinski definition) is 3. The molecule has 2 atom stereocenters. The Morgan fingerprint density at radius 2 is 2.20 bits per heavy atom. The highest BCUT2D eigenvalue weighted by atomic mass is 16.5. The van der Waals surface area contributed by atoms with Gasteiger partial charge in [0.25, 0.3) is 0 Å². The average molecular weight is 289 g/mol. The smallest absolute Gasteiger partial charge is 0.328 e. The second kappa shape index (κ2) is 7.65. The van der Waals surface area contributed by atoms with Crippen LogP contribution in [0.2, 0.25) is 0 Å². The molecule has 9 heteroatoms. The summed E-state index contributed by atoms with van der Waals surface area (Å²) in [7, 11) is 2.79. The quantitative estimate of drug-likeness (QED) is 0.552. The van der Waals surface area contributed by atoms with E-state index in [4.69, 9.17) is 14.6 Å². The monoisotopic (exact) mass is 289 g/mol. The Bertz CT molecular complexity index is 375. The van der Waals surface area contributed by atoms with Crippen LogP contribution in [0, 0.1) is 0 Å². The molecule has 3 amide bonds. The van der Waals surface area contributed by atoms with Gasteiger partial charge in [0.1, 0.15) is 6.04 Å². The van der Waals surface area contributed by atoms with E-state index in [1.807, 2.05) is 0 Å². The highest BCUT2D eigenvalue weighted by Gasteiger charge is 2.34. The number of urea groups is 1. The lowest BCUT2D eigenvalue weighted by atomic mass is 10.2. The van der Waals surface area contributed by atoms with Crippen LogP contribution >= 0.6 is 0 Å². The van der Waals surface area contributed by atoms with E-state index >= 15 is 0 Å². The van der Waals surface area contributed by atoms with Crippen LogP contribution in [0.4, 0.5) is 4.79 Å². The van der Waals surface area contributed by atoms with Gasteiger partial charge in [-0.1, -0.05) is 0 Å². The van der Waals surface area contributed by atoms with Crippen molar-refractivity contribution in [2.75, 3.05) is 40.5 Å². The Kier molecular flexibility index (Phi) is 6.19. The number of carboxylic acids is 1. The molecule has 0 aromatic rings. The number of aliphatic carboxylic acids is 1. The molecule has 0 aliphatic carbocycles. The summed E-state index contributed by atoms with van der Waals surface area (Å²) in [6, 6.07) is -2.57. The molecule has 0 bridgehead atoms. The number of nitrogens with one attached hydrogen (secondary N) is 2. The number of amides is 3. The summed E-state index contributed by atoms with van der Waals surface area (Å²) >= 11 is 0. The zero-order valence-electron chi connectivity index (χ0n) is 11.4. The third kappa shape index (κ3) is 4.07. The van der Waals surface area contributed by atoms with Gasteiger partial charge in [0.2, 0.25) is 5.91 Å². The van der Waals surface area contributed by atoms with Gasteiger partial charge in [-0.15, -0.1) is 0 Å². The molecule has 3 N–H and O–H groups in total. The van der Waals surface area contributed by atoms with Crippen molar-refractivity contribution < 1.29 is 29.0 Å². The number of nitrogens with zero attached hydrogens (tertiary/aromatic N) is 1. The lowest BCUT2D eigenvalue weighted by molar-refractivity contribution is -0.140. The first-order chi connectivity index (χ1) is 9.51. The zero-order chi connectivity index (χ0) is 15.1. The van der Waals surface area contributed by atoms with Gasteiger partial charge in [0, 0.05) is 20.7 Å². The number of hydrogen-bond acceptors (Lipinski definition) is 5. The maximum absolute atomic E-state index is 12.1. The van der Waals surface area contributed by atoms with Crippen LogP contribution in [0.5, 0.6) is 0 Å². The standard InChI is InChI=1S/C11H19N3O6/c1-12-9(15)8-6-20-4-3-14(8)11(18)13-7(5-19-2)10(16)17/h7-8H,3-6H2,1-2H3,(H,12,15)(H,13,18)(H,16,17). The van der Waals surface area contributed by atoms with E-state index in [2.05, 4.69) is 10.6 Å². The van der Waals surface area contributed by atoms with Gasteiger partial charge >= 0.3 is 12.0 Å². The van der Waals surface area contributed by atoms with Crippen molar-refractivity contribution in [3.63, 3.8) is 0 Å². The molecule has 1 aliphatic heterocycles. The molecule has 1 fully saturated rings. The number of carbonyl (C=O) groups is 3. The molecule has 0 saturated carbocycles. The van der Waals surface area contributed by atoms with Gasteiger partial charge in [-0.2, -0.15) is 0 Å². The second-order valence-corrected chi connectivity index (χ2v) is 4.19. The summed E-state index contributed by atoms with van der Waals surface area (Å²) in [4.78, 5) is 36.0. The van der Waals surface area contributed by atoms with Crippen molar-refractivity contribution in [2.45, 2.75) is 12.1 Å². The van der Waals surface area contributed by atoms with Crippen LogP contribution in [-0.4, -0.2) is 80.5 Å². The molecule has 1 aliphatic rings. The fourth-order valence-corrected chi connectivity index (χ4v) is 1.80. The highest BCUT2D eigenvalue weighted by Crippen LogP contribution is 2.08. The summed E-state index contributed by atoms with van der Waals surface area (Å²) in [5.74, 6) is -1.57. The zero-order valence-corrected chi connectivity index (χ0v) is 11.4. The number of rotatable bonds is 5. The molecule has 0 aromatic carbocycles. The van der Waals surface area contributed by atoms with Crippen molar-refractivity contribution in [1.82, 2.24) is 15.5 Å². The molecule has 0 aromatic heterocycles. The lowest BCUT2D eigenvalue weighted by Gasteiger charge is -2.34. The molecule has 0 spiro atoms. The van der Waals surface area contributed by atoms with E-state index in [1.54, 1.807) is 0 Å². The molecular weight excluding hydrogens is 270 g/mol. The topological polar surface area (TPSA) is 117 Å². The van der Waals surface area contributed by atoms with Crippen LogP contribution in [-0.2, 0) is 19.1 Å². The van der Waals surface area contributed by atoms with E-state index in [0.29, 0.717) is 6.61 Å². The van der Waals surface area contributed by atoms with Gasteiger partial charge < -0.3 is 30.1 Å². The van der Waals surface area contributed by atoms with Gasteiger partial charge in [0.15, 0.2) is 6.04 Å². The van der Waals surface area contributed by atoms with Gasteiger partial charge in [-0.3, -0.25) is 4.79 Å². The molecule has 9 nitrogen and oxygen atoms in total. The number of morpholine rings is 1. The summed E-state index contributed by atoms with van der Waals surface area (Å²) < 4.78 is 9.89. The van der Waals surface area contributed by atoms with Crippen LogP contribution in [0.15, 0.2) is 0 Å². The molecule has 2 unspecified atom stereocenters. The number of likely N-dealkylation sites (N-methyl/N-ethyl adjacent to an activating group) is 1. The SMILES string of the molecule is CNC(=O)C1COCCN1C(=O)NC(COC)C(=O)O. The maximum atomic E-state index is 12.1. The number of carboxylic acid groups (broad SMARTS) is 1. The maximum Gasteiger partial charge on any atom is 0.328 e. The minimum Gasteiger partial charge on any atom is -0.480 e. The van der Waals surface area contributed by atoms with Crippen molar-refractivity contribution in [2.24, 2.45) is 0 Å². The second-order valence-electron chi connectivity index (χ2n) is 4.19. The molecule has 20 heavy (non-hydrogen) atoms. The Hall–Kier alpha value is -1.87. The van der Waals surface area contributed by atoms with Crippen LogP contribution < -0.4 is 10.6 Å². The average Bonchev–Trinajstić information content (AvgIpc) is 2.45. The number of methoxy groups -OCH3 is 1. The van der Waals surface area contributed by atoms with Crippen LogP contribution in [0.1, 0.15) is 0 Å². The van der Waals surface area contributed by atoms with Gasteiger partial charge in [-0.25, -0.2) is 9.59 Å². The van der Waals surface area contributed by atoms with Crippen LogP contribution in [0.3, 0.4) is 0 Å². The molecule has 1 heterocycles. The van der Waals surface area contributed by atoms with Crippen molar-refractivity contribution in [3.05, 3.63) is 0 Å². The first-order valence-electron chi connectivity index (χ1n) is 6.09. The highest BCUT2D eigenvalue weighted by molar-refractivity contribution is 5.89. The lowest BCUT2D eigenvalue weighted by Crippen LogP contribution is -2.60. The normalized spacial score (nSPS) is 20.1. The molecule has 1 rings (SSSR count). The largest absolute Gasteiger partial charge is 0.480 e. The van der Waals surface area contributed by atoms with E-state index in [1.165, 1.54) is 19.1 Å². The molecular formula is C11H19N3O6. The summed E-state index contributed by atoms with van der Waals surface area (Å²) in [5, 5.41) is 13.7. The van der Waals surface area contributed by atoms with Gasteiger partial charge in [0.05, 0.1) is 19.8 Å². The summed E-state index contributed by atoms with van der Waals surface area (Å²) in [5.41, 5.74) is 0. The number of carbonyl (C=O) groups excluding carboxylic acids is 2. The predicted molar refractivity (Wildman–Crippen MR) is 67.2 cm³/mol. The molecule has 1 saturated heterocycles. The fraction of sp³-hybridized carbons (Fsp3) is 0.727. The van der Waals surface area contributed by atoms with Gasteiger partial charge in [-0.05, 0) is 0 Å². The Morgan fingerprint density at radius 1 is 1.50 bits per heavy atom. The number of ether oxygens (including phenoxy) is 2. The Labute approximate surface area is 116 Å². The first-order valence-corrected chi connectivity index (χ1v) is 6.09. The third-order valence-electron chi connectivity index (χ3n) is 2.87. The first kappa shape index (κ1) is 16.2. The van der Waals surface area contributed by atoms with Crippen molar-refractivity contribution in [3.8, 4) is 0 Å². The Morgan fingerprint density at radius 3 is 2.75 bits per heavy atom. The van der Waals surface area contributed by atoms with Crippen LogP contribution in [0.25, 0.3) is 0 Å². The summed E-state index contributed by atoms with van der Waals surface area (Å²) in [6.45, 7) is 0.428. The van der Waals surface area contributed by atoms with Crippen molar-refractivity contribution >= 4 is 17.9 Å². The van der Waals surface area contributed by atoms with E-state index < -0.39 is 24.1 Å². The van der Waals surface area contributed by atoms with Crippen molar-refractivity contribution in [1.29, 1.82) is 0 Å². The minimum atomic E-state index is -1.20. The molecule has 114 valence electrons. The van der Waals surface area contributed by atoms with E-state index in [-0.39, 0.29) is 25.7 Å². The minimum absolute atomic E-state index is 0.0785. The van der Waals surface area contributed by atoms with E-state index in [0.717, 1.165) is 0 Å². The Balaban J connectivity index is 2.71. The van der Waals surface area contributed by atoms with E-state index in [9.17, 15) is 14.4 Å². The molecule has 0 radical (unpaired) electrons. The third-order valence-corrected chi connectivity index (χ3v) is 2.87. The predicted octanol–water partition coefficient (Wildman–Crippen LogP) is -1.76. The summed E-state index contributed by atoms with van der Waals surface area (Å²) in [6.07, 6.45) is 0.